The van der Waals surface area contributed by atoms with Gasteiger partial charge >= 0.3 is 18.2 Å². The van der Waals surface area contributed by atoms with Gasteiger partial charge in [-0.05, 0) is 78.5 Å². The van der Waals surface area contributed by atoms with Crippen LogP contribution in [0.4, 0.5) is 9.59 Å². The van der Waals surface area contributed by atoms with E-state index in [4.69, 9.17) is 28.4 Å². The van der Waals surface area contributed by atoms with Crippen molar-refractivity contribution < 1.29 is 42.8 Å². The number of hydrogen-bond donors (Lipinski definition) is 0. The molecule has 3 atom stereocenters. The van der Waals surface area contributed by atoms with Gasteiger partial charge in [0.15, 0.2) is 12.2 Å². The van der Waals surface area contributed by atoms with Gasteiger partial charge in [-0.3, -0.25) is 4.90 Å². The number of hydrogen-bond acceptors (Lipinski definition) is 9. The molecule has 0 spiro atoms. The summed E-state index contributed by atoms with van der Waals surface area (Å²) in [6.07, 6.45) is -1.23. The van der Waals surface area contributed by atoms with Crippen molar-refractivity contribution in [1.82, 2.24) is 4.90 Å². The second-order valence-corrected chi connectivity index (χ2v) is 11.3. The fraction of sp³-hybridized carbons (Fsp3) is 0.667. The number of rotatable bonds is 8. The number of likely N-dealkylation sites (tertiary alicyclic amines) is 1. The summed E-state index contributed by atoms with van der Waals surface area (Å²) in [6.45, 7) is 10.2. The largest absolute Gasteiger partial charge is 0.509 e. The number of amides is 1. The van der Waals surface area contributed by atoms with Gasteiger partial charge in [0, 0.05) is 0 Å². The summed E-state index contributed by atoms with van der Waals surface area (Å²) >= 11 is 0. The van der Waals surface area contributed by atoms with Crippen molar-refractivity contribution in [2.75, 3.05) is 20.3 Å². The number of carbonyl (C=O) groups is 3. The van der Waals surface area contributed by atoms with Crippen LogP contribution in [0.25, 0.3) is 0 Å². The summed E-state index contributed by atoms with van der Waals surface area (Å²) in [7, 11) is 1.58. The van der Waals surface area contributed by atoms with Crippen LogP contribution in [0.1, 0.15) is 59.9 Å². The lowest BCUT2D eigenvalue weighted by molar-refractivity contribution is -0.161. The first-order valence-corrected chi connectivity index (χ1v) is 12.6. The van der Waals surface area contributed by atoms with Crippen molar-refractivity contribution in [2.24, 2.45) is 0 Å². The molecule has 1 aliphatic heterocycles. The first-order valence-electron chi connectivity index (χ1n) is 12.6. The van der Waals surface area contributed by atoms with Gasteiger partial charge in [-0.25, -0.2) is 14.4 Å². The molecule has 1 saturated heterocycles. The van der Waals surface area contributed by atoms with Crippen LogP contribution in [-0.2, 0) is 34.9 Å². The molecule has 37 heavy (non-hydrogen) atoms. The SMILES string of the molecule is COc1ccc(C[C@@H]2[C@H](OC(=O)COC3CC3)[C@@H](OC(=O)OC(C)(C)C)CN2C(=O)OC(C)(C)C)cc1. The number of esters is 1. The summed E-state index contributed by atoms with van der Waals surface area (Å²) in [4.78, 5) is 39.9. The zero-order valence-electron chi connectivity index (χ0n) is 22.8. The van der Waals surface area contributed by atoms with E-state index >= 15 is 0 Å². The molecular weight excluding hydrogens is 482 g/mol. The molecule has 0 unspecified atom stereocenters. The molecule has 10 nitrogen and oxygen atoms in total. The lowest BCUT2D eigenvalue weighted by Crippen LogP contribution is -2.45. The minimum atomic E-state index is -0.963. The van der Waals surface area contributed by atoms with Gasteiger partial charge in [-0.2, -0.15) is 0 Å². The maximum absolute atomic E-state index is 13.2. The van der Waals surface area contributed by atoms with Crippen LogP contribution < -0.4 is 4.74 Å². The van der Waals surface area contributed by atoms with Crippen LogP contribution in [0.3, 0.4) is 0 Å². The first-order chi connectivity index (χ1) is 17.2. The lowest BCUT2D eigenvalue weighted by atomic mass is 10.0. The van der Waals surface area contributed by atoms with Gasteiger partial charge in [0.05, 0.1) is 25.8 Å². The van der Waals surface area contributed by atoms with E-state index in [-0.39, 0.29) is 19.3 Å². The quantitative estimate of drug-likeness (QED) is 0.366. The summed E-state index contributed by atoms with van der Waals surface area (Å²) < 4.78 is 33.1. The molecule has 3 rings (SSSR count). The normalized spacial score (nSPS) is 21.8. The Morgan fingerprint density at radius 1 is 0.919 bits per heavy atom. The highest BCUT2D eigenvalue weighted by Crippen LogP contribution is 2.31. The van der Waals surface area contributed by atoms with Crippen molar-refractivity contribution in [3.05, 3.63) is 29.8 Å². The predicted molar refractivity (Wildman–Crippen MR) is 133 cm³/mol. The molecule has 1 heterocycles. The zero-order chi connectivity index (χ0) is 27.4. The third-order valence-electron chi connectivity index (χ3n) is 5.62. The topological polar surface area (TPSA) is 110 Å². The van der Waals surface area contributed by atoms with Crippen molar-refractivity contribution in [2.45, 2.75) is 96.4 Å². The Morgan fingerprint density at radius 2 is 1.54 bits per heavy atom. The fourth-order valence-corrected chi connectivity index (χ4v) is 3.88. The van der Waals surface area contributed by atoms with Crippen LogP contribution in [0.15, 0.2) is 24.3 Å². The third kappa shape index (κ3) is 9.10. The smallest absolute Gasteiger partial charge is 0.497 e. The van der Waals surface area contributed by atoms with Crippen molar-refractivity contribution in [3.8, 4) is 5.75 Å². The summed E-state index contributed by atoms with van der Waals surface area (Å²) in [6, 6.07) is 6.68. The number of benzene rings is 1. The number of methoxy groups -OCH3 is 1. The number of nitrogens with zero attached hydrogens (tertiary/aromatic N) is 1. The predicted octanol–water partition coefficient (Wildman–Crippen LogP) is 4.27. The molecular formula is C27H39NO9. The van der Waals surface area contributed by atoms with Gasteiger partial charge in [-0.1, -0.05) is 12.1 Å². The second kappa shape index (κ2) is 11.6. The van der Waals surface area contributed by atoms with Crippen LogP contribution in [-0.4, -0.2) is 78.9 Å². The van der Waals surface area contributed by atoms with Crippen LogP contribution in [0, 0.1) is 0 Å². The average molecular weight is 522 g/mol. The monoisotopic (exact) mass is 521 g/mol. The molecule has 0 N–H and O–H groups in total. The van der Waals surface area contributed by atoms with E-state index in [1.807, 2.05) is 12.1 Å². The Morgan fingerprint density at radius 3 is 2.08 bits per heavy atom. The number of ether oxygens (including phenoxy) is 6. The molecule has 206 valence electrons. The van der Waals surface area contributed by atoms with E-state index in [2.05, 4.69) is 0 Å². The average Bonchev–Trinajstić information content (AvgIpc) is 3.55. The van der Waals surface area contributed by atoms with E-state index in [1.54, 1.807) is 60.8 Å². The molecule has 1 amide bonds. The molecule has 10 heteroatoms. The first kappa shape index (κ1) is 28.6. The van der Waals surface area contributed by atoms with Gasteiger partial charge in [0.1, 0.15) is 23.6 Å². The van der Waals surface area contributed by atoms with E-state index in [0.717, 1.165) is 18.4 Å². The Bertz CT molecular complexity index is 944. The molecule has 2 fully saturated rings. The maximum Gasteiger partial charge on any atom is 0.509 e. The second-order valence-electron chi connectivity index (χ2n) is 11.3. The molecule has 0 radical (unpaired) electrons. The third-order valence-corrected chi connectivity index (χ3v) is 5.62. The van der Waals surface area contributed by atoms with Crippen molar-refractivity contribution >= 4 is 18.2 Å². The lowest BCUT2D eigenvalue weighted by Gasteiger charge is -2.30. The summed E-state index contributed by atoms with van der Waals surface area (Å²) in [5.74, 6) is 0.0889. The van der Waals surface area contributed by atoms with E-state index < -0.39 is 47.7 Å². The molecule has 0 bridgehead atoms. The van der Waals surface area contributed by atoms with Gasteiger partial charge in [0.25, 0.3) is 0 Å². The Kier molecular flexibility index (Phi) is 8.94. The molecule has 1 saturated carbocycles. The van der Waals surface area contributed by atoms with Gasteiger partial charge < -0.3 is 28.4 Å². The minimum absolute atomic E-state index is 0.0313. The molecule has 0 aromatic heterocycles. The Balaban J connectivity index is 1.87. The van der Waals surface area contributed by atoms with Gasteiger partial charge in [0.2, 0.25) is 0 Å². The van der Waals surface area contributed by atoms with Crippen molar-refractivity contribution in [3.63, 3.8) is 0 Å². The highest BCUT2D eigenvalue weighted by atomic mass is 16.7. The van der Waals surface area contributed by atoms with Crippen LogP contribution in [0.5, 0.6) is 5.75 Å². The number of carbonyl (C=O) groups excluding carboxylic acids is 3. The molecule has 1 aromatic carbocycles. The van der Waals surface area contributed by atoms with Crippen LogP contribution in [0.2, 0.25) is 0 Å². The minimum Gasteiger partial charge on any atom is -0.497 e. The van der Waals surface area contributed by atoms with E-state index in [1.165, 1.54) is 4.90 Å². The summed E-state index contributed by atoms with van der Waals surface area (Å²) in [5, 5.41) is 0. The van der Waals surface area contributed by atoms with Crippen molar-refractivity contribution in [1.29, 1.82) is 0 Å². The van der Waals surface area contributed by atoms with Crippen LogP contribution >= 0.6 is 0 Å². The van der Waals surface area contributed by atoms with E-state index in [0.29, 0.717) is 12.2 Å². The highest BCUT2D eigenvalue weighted by molar-refractivity contribution is 5.72. The van der Waals surface area contributed by atoms with Gasteiger partial charge in [-0.15, -0.1) is 0 Å². The molecule has 1 aliphatic carbocycles. The highest BCUT2D eigenvalue weighted by Gasteiger charge is 2.50. The van der Waals surface area contributed by atoms with E-state index in [9.17, 15) is 14.4 Å². The standard InChI is InChI=1S/C27H39NO9/c1-26(2,3)36-24(30)28-15-21(34-25(31)37-27(4,5)6)23(35-22(29)16-33-19-12-13-19)20(28)14-17-8-10-18(32-7)11-9-17/h8-11,19-21,23H,12-16H2,1-7H3/t20-,21+,23+/m1/s1. The zero-order valence-corrected chi connectivity index (χ0v) is 22.8. The summed E-state index contributed by atoms with van der Waals surface area (Å²) in [5.41, 5.74) is -0.670. The maximum atomic E-state index is 13.2. The molecule has 2 aliphatic rings. The fourth-order valence-electron chi connectivity index (χ4n) is 3.88. The Hall–Kier alpha value is -3.01. The Labute approximate surface area is 218 Å². The molecule has 1 aromatic rings.